The van der Waals surface area contributed by atoms with E-state index >= 15 is 0 Å². The summed E-state index contributed by atoms with van der Waals surface area (Å²) >= 11 is 0. The minimum atomic E-state index is -3.13. The molecule has 72 valence electrons. The molecule has 1 rings (SSSR count). The highest BCUT2D eigenvalue weighted by atomic mass is 32.2. The van der Waals surface area contributed by atoms with Gasteiger partial charge in [-0.15, -0.1) is 0 Å². The van der Waals surface area contributed by atoms with Crippen molar-refractivity contribution in [1.82, 2.24) is 8.61 Å². The molecule has 12 heavy (non-hydrogen) atoms. The molecule has 0 amide bonds. The van der Waals surface area contributed by atoms with Crippen molar-refractivity contribution in [2.24, 2.45) is 0 Å². The first-order valence-electron chi connectivity index (χ1n) is 4.19. The molecule has 5 heteroatoms. The average Bonchev–Trinajstić information content (AvgIpc) is 1.84. The van der Waals surface area contributed by atoms with Crippen molar-refractivity contribution in [2.45, 2.75) is 25.8 Å². The van der Waals surface area contributed by atoms with Gasteiger partial charge in [-0.3, -0.25) is 0 Å². The predicted molar refractivity (Wildman–Crippen MR) is 48.0 cm³/mol. The summed E-state index contributed by atoms with van der Waals surface area (Å²) in [5.74, 6) is 0. The van der Waals surface area contributed by atoms with Gasteiger partial charge in [0.2, 0.25) is 0 Å². The largest absolute Gasteiger partial charge is 0.281 e. The number of rotatable bonds is 3. The molecule has 1 heterocycles. The van der Waals surface area contributed by atoms with Gasteiger partial charge in [0.05, 0.1) is 0 Å². The Kier molecular flexibility index (Phi) is 2.75. The maximum absolute atomic E-state index is 11.5. The Hall–Kier alpha value is -0.130. The van der Waals surface area contributed by atoms with Crippen LogP contribution in [-0.2, 0) is 10.2 Å². The third-order valence-corrected chi connectivity index (χ3v) is 4.32. The third-order valence-electron chi connectivity index (χ3n) is 2.32. The van der Waals surface area contributed by atoms with Crippen molar-refractivity contribution in [2.75, 3.05) is 20.6 Å². The maximum Gasteiger partial charge on any atom is 0.281 e. The van der Waals surface area contributed by atoms with E-state index in [0.717, 1.165) is 12.8 Å². The van der Waals surface area contributed by atoms with E-state index in [1.54, 1.807) is 18.4 Å². The monoisotopic (exact) mass is 192 g/mol. The first-order valence-corrected chi connectivity index (χ1v) is 5.59. The van der Waals surface area contributed by atoms with Crippen LogP contribution in [0.1, 0.15) is 19.8 Å². The first-order chi connectivity index (χ1) is 5.50. The van der Waals surface area contributed by atoms with E-state index in [2.05, 4.69) is 0 Å². The molecule has 1 unspecified atom stereocenters. The van der Waals surface area contributed by atoms with E-state index < -0.39 is 10.2 Å². The lowest BCUT2D eigenvalue weighted by atomic mass is 10.1. The average molecular weight is 192 g/mol. The van der Waals surface area contributed by atoms with Crippen molar-refractivity contribution in [1.29, 1.82) is 0 Å². The van der Waals surface area contributed by atoms with Crippen LogP contribution < -0.4 is 0 Å². The summed E-state index contributed by atoms with van der Waals surface area (Å²) in [6.07, 6.45) is 1.91. The Morgan fingerprint density at radius 3 is 2.33 bits per heavy atom. The lowest BCUT2D eigenvalue weighted by Crippen LogP contribution is -2.54. The minimum absolute atomic E-state index is 0.234. The summed E-state index contributed by atoms with van der Waals surface area (Å²) in [6, 6.07) is 0.234. The molecule has 0 saturated carbocycles. The van der Waals surface area contributed by atoms with Gasteiger partial charge in [-0.2, -0.15) is 17.0 Å². The van der Waals surface area contributed by atoms with Crippen molar-refractivity contribution < 1.29 is 8.42 Å². The first kappa shape index (κ1) is 9.95. The fraction of sp³-hybridized carbons (Fsp3) is 1.00. The lowest BCUT2D eigenvalue weighted by molar-refractivity contribution is 0.183. The molecule has 0 aliphatic carbocycles. The summed E-state index contributed by atoms with van der Waals surface area (Å²) in [6.45, 7) is 2.70. The molecule has 0 aromatic heterocycles. The fourth-order valence-corrected chi connectivity index (χ4v) is 2.73. The van der Waals surface area contributed by atoms with Crippen LogP contribution in [-0.4, -0.2) is 43.7 Å². The summed E-state index contributed by atoms with van der Waals surface area (Å²) in [5, 5.41) is 0. The molecular weight excluding hydrogens is 176 g/mol. The summed E-state index contributed by atoms with van der Waals surface area (Å²) in [7, 11) is 0.00486. The molecule has 1 fully saturated rings. The van der Waals surface area contributed by atoms with Gasteiger partial charge in [0, 0.05) is 26.7 Å². The van der Waals surface area contributed by atoms with Crippen LogP contribution in [0.5, 0.6) is 0 Å². The topological polar surface area (TPSA) is 40.6 Å². The van der Waals surface area contributed by atoms with E-state index in [4.69, 9.17) is 0 Å². The van der Waals surface area contributed by atoms with E-state index in [-0.39, 0.29) is 6.04 Å². The van der Waals surface area contributed by atoms with Crippen LogP contribution in [0.15, 0.2) is 0 Å². The van der Waals surface area contributed by atoms with Crippen LogP contribution in [0.4, 0.5) is 0 Å². The van der Waals surface area contributed by atoms with Crippen LogP contribution in [0.25, 0.3) is 0 Å². The summed E-state index contributed by atoms with van der Waals surface area (Å²) in [5.41, 5.74) is 0. The molecule has 0 bridgehead atoms. The highest BCUT2D eigenvalue weighted by Gasteiger charge is 2.37. The van der Waals surface area contributed by atoms with Gasteiger partial charge in [0.15, 0.2) is 0 Å². The zero-order valence-electron chi connectivity index (χ0n) is 7.82. The molecule has 0 radical (unpaired) electrons. The van der Waals surface area contributed by atoms with E-state index in [0.29, 0.717) is 6.54 Å². The molecular formula is C7H16N2O2S. The fourth-order valence-electron chi connectivity index (χ4n) is 1.34. The van der Waals surface area contributed by atoms with Gasteiger partial charge in [-0.05, 0) is 12.8 Å². The molecule has 1 aliphatic heterocycles. The van der Waals surface area contributed by atoms with E-state index in [9.17, 15) is 8.42 Å². The Balaban J connectivity index is 2.71. The molecule has 4 nitrogen and oxygen atoms in total. The van der Waals surface area contributed by atoms with Crippen LogP contribution in [0, 0.1) is 0 Å². The number of nitrogens with zero attached hydrogens (tertiary/aromatic N) is 2. The zero-order chi connectivity index (χ0) is 9.35. The van der Waals surface area contributed by atoms with Gasteiger partial charge in [0.25, 0.3) is 10.2 Å². The molecule has 0 aromatic rings. The molecule has 0 aromatic carbocycles. The van der Waals surface area contributed by atoms with E-state index in [1.165, 1.54) is 4.31 Å². The predicted octanol–water partition coefficient (Wildman–Crippen LogP) is 0.277. The molecule has 0 spiro atoms. The standard InChI is InChI=1S/C7H16N2O2S/c1-4-7-5-6-9(7)12(10,11)8(2)3/h7H,4-6H2,1-3H3. The van der Waals surface area contributed by atoms with Gasteiger partial charge < -0.3 is 0 Å². The lowest BCUT2D eigenvalue weighted by Gasteiger charge is -2.40. The maximum atomic E-state index is 11.5. The molecule has 0 N–H and O–H groups in total. The van der Waals surface area contributed by atoms with Crippen molar-refractivity contribution in [3.8, 4) is 0 Å². The second-order valence-corrected chi connectivity index (χ2v) is 5.35. The van der Waals surface area contributed by atoms with Gasteiger partial charge in [0.1, 0.15) is 0 Å². The van der Waals surface area contributed by atoms with Crippen molar-refractivity contribution >= 4 is 10.2 Å². The molecule has 1 atom stereocenters. The van der Waals surface area contributed by atoms with Crippen LogP contribution in [0.2, 0.25) is 0 Å². The van der Waals surface area contributed by atoms with Gasteiger partial charge in [-0.1, -0.05) is 6.92 Å². The summed E-state index contributed by atoms with van der Waals surface area (Å²) < 4.78 is 25.9. The zero-order valence-corrected chi connectivity index (χ0v) is 8.63. The smallest absolute Gasteiger partial charge is 0.195 e. The second kappa shape index (κ2) is 3.32. The quantitative estimate of drug-likeness (QED) is 0.644. The van der Waals surface area contributed by atoms with E-state index in [1.807, 2.05) is 6.92 Å². The number of hydrogen-bond acceptors (Lipinski definition) is 2. The SMILES string of the molecule is CCC1CCN1S(=O)(=O)N(C)C. The number of hydrogen-bond donors (Lipinski definition) is 0. The second-order valence-electron chi connectivity index (χ2n) is 3.25. The van der Waals surface area contributed by atoms with Crippen LogP contribution >= 0.6 is 0 Å². The van der Waals surface area contributed by atoms with Gasteiger partial charge in [-0.25, -0.2) is 0 Å². The molecule has 1 saturated heterocycles. The Labute approximate surface area is 74.3 Å². The van der Waals surface area contributed by atoms with Crippen molar-refractivity contribution in [3.63, 3.8) is 0 Å². The Morgan fingerprint density at radius 1 is 1.50 bits per heavy atom. The summed E-state index contributed by atoms with van der Waals surface area (Å²) in [4.78, 5) is 0. The molecule has 1 aliphatic rings. The normalized spacial score (nSPS) is 25.8. The minimum Gasteiger partial charge on any atom is -0.195 e. The van der Waals surface area contributed by atoms with Crippen molar-refractivity contribution in [3.05, 3.63) is 0 Å². The highest BCUT2D eigenvalue weighted by molar-refractivity contribution is 7.86. The highest BCUT2D eigenvalue weighted by Crippen LogP contribution is 2.24. The van der Waals surface area contributed by atoms with Gasteiger partial charge >= 0.3 is 0 Å². The third kappa shape index (κ3) is 1.48. The van der Waals surface area contributed by atoms with Crippen LogP contribution in [0.3, 0.4) is 0 Å². The Morgan fingerprint density at radius 2 is 2.08 bits per heavy atom. The Bertz CT molecular complexity index is 246.